The number of Topliss-reactive ketones (excluding diaryl/α,β-unsaturated/α-hetero) is 1. The average Bonchev–Trinajstić information content (AvgIpc) is 3.05. The van der Waals surface area contributed by atoms with Gasteiger partial charge < -0.3 is 10.6 Å². The minimum atomic E-state index is 0.0738. The number of aromatic nitrogens is 2. The number of nitrogens with one attached hydrogen (secondary N) is 2. The topological polar surface area (TPSA) is 66.9 Å². The van der Waals surface area contributed by atoms with Gasteiger partial charge in [0.1, 0.15) is 0 Å². The summed E-state index contributed by atoms with van der Waals surface area (Å²) >= 11 is 0. The fourth-order valence-electron chi connectivity index (χ4n) is 3.28. The molecule has 2 N–H and O–H groups in total. The van der Waals surface area contributed by atoms with Gasteiger partial charge in [-0.2, -0.15) is 0 Å². The normalized spacial score (nSPS) is 17.9. The quantitative estimate of drug-likeness (QED) is 0.786. The van der Waals surface area contributed by atoms with E-state index in [9.17, 15) is 4.79 Å². The maximum Gasteiger partial charge on any atom is 0.200 e. The lowest BCUT2D eigenvalue weighted by molar-refractivity contribution is 0.0969. The number of aryl methyl sites for hydroxylation is 1. The minimum absolute atomic E-state index is 0.0738. The highest BCUT2D eigenvalue weighted by atomic mass is 16.1. The van der Waals surface area contributed by atoms with Crippen molar-refractivity contribution in [3.05, 3.63) is 11.5 Å². The molecule has 0 amide bonds. The van der Waals surface area contributed by atoms with E-state index in [1.807, 2.05) is 0 Å². The number of anilines is 2. The molecule has 0 radical (unpaired) electrons. The summed E-state index contributed by atoms with van der Waals surface area (Å²) in [6, 6.07) is 0.487. The first-order chi connectivity index (χ1) is 10.8. The van der Waals surface area contributed by atoms with Gasteiger partial charge in [-0.25, -0.2) is 9.97 Å². The van der Waals surface area contributed by atoms with E-state index in [1.165, 1.54) is 25.7 Å². The molecule has 0 bridgehead atoms. The van der Waals surface area contributed by atoms with Crippen molar-refractivity contribution in [3.8, 4) is 0 Å². The summed E-state index contributed by atoms with van der Waals surface area (Å²) in [6.07, 6.45) is 9.41. The van der Waals surface area contributed by atoms with Crippen LogP contribution in [0.1, 0.15) is 74.6 Å². The van der Waals surface area contributed by atoms with E-state index >= 15 is 0 Å². The van der Waals surface area contributed by atoms with Gasteiger partial charge in [0.2, 0.25) is 0 Å². The van der Waals surface area contributed by atoms with Crippen LogP contribution < -0.4 is 10.6 Å². The zero-order chi connectivity index (χ0) is 15.4. The highest BCUT2D eigenvalue weighted by Crippen LogP contribution is 2.30. The predicted octanol–water partition coefficient (Wildman–Crippen LogP) is 3.56. The number of hydrogen-bond donors (Lipinski definition) is 2. The van der Waals surface area contributed by atoms with Crippen LogP contribution in [0, 0.1) is 0 Å². The lowest BCUT2D eigenvalue weighted by Gasteiger charge is -2.23. The van der Waals surface area contributed by atoms with Crippen LogP contribution in [-0.2, 0) is 6.42 Å². The van der Waals surface area contributed by atoms with Crippen LogP contribution in [0.5, 0.6) is 0 Å². The molecule has 0 spiro atoms. The molecule has 1 aliphatic heterocycles. The number of rotatable bonds is 6. The van der Waals surface area contributed by atoms with E-state index in [0.29, 0.717) is 18.3 Å². The molecule has 0 unspecified atom stereocenters. The van der Waals surface area contributed by atoms with Gasteiger partial charge in [-0.05, 0) is 32.1 Å². The molecule has 3 rings (SSSR count). The Morgan fingerprint density at radius 2 is 2.09 bits per heavy atom. The van der Waals surface area contributed by atoms with Crippen LogP contribution in [0.25, 0.3) is 0 Å². The summed E-state index contributed by atoms with van der Waals surface area (Å²) < 4.78 is 0. The number of fused-ring (bicyclic) bond motifs is 1. The Hall–Kier alpha value is -1.65. The van der Waals surface area contributed by atoms with Gasteiger partial charge in [-0.1, -0.05) is 26.2 Å². The Bertz CT molecular complexity index is 538. The molecule has 0 saturated heterocycles. The monoisotopic (exact) mass is 302 g/mol. The molecular weight excluding hydrogens is 276 g/mol. The van der Waals surface area contributed by atoms with Gasteiger partial charge in [0.05, 0.1) is 11.4 Å². The standard InChI is InChI=1S/C17H26N4O/c1-2-3-10-14(22)16-20-13-9-6-11-18-15(13)17(21-16)19-12-7-4-5-8-12/h12,18H,2-11H2,1H3,(H,19,20,21). The Labute approximate surface area is 132 Å². The third-order valence-electron chi connectivity index (χ3n) is 4.58. The van der Waals surface area contributed by atoms with Crippen molar-refractivity contribution in [1.82, 2.24) is 9.97 Å². The van der Waals surface area contributed by atoms with E-state index in [2.05, 4.69) is 27.5 Å². The Morgan fingerprint density at radius 1 is 1.27 bits per heavy atom. The summed E-state index contributed by atoms with van der Waals surface area (Å²) in [6.45, 7) is 3.05. The summed E-state index contributed by atoms with van der Waals surface area (Å²) in [7, 11) is 0. The maximum absolute atomic E-state index is 12.3. The van der Waals surface area contributed by atoms with Gasteiger partial charge in [-0.3, -0.25) is 4.79 Å². The van der Waals surface area contributed by atoms with E-state index in [-0.39, 0.29) is 5.78 Å². The van der Waals surface area contributed by atoms with Crippen molar-refractivity contribution in [2.75, 3.05) is 17.2 Å². The van der Waals surface area contributed by atoms with Crippen LogP contribution in [0.4, 0.5) is 11.5 Å². The second kappa shape index (κ2) is 7.07. The molecule has 0 atom stereocenters. The summed E-state index contributed by atoms with van der Waals surface area (Å²) in [5, 5.41) is 6.97. The van der Waals surface area contributed by atoms with Crippen LogP contribution in [-0.4, -0.2) is 28.3 Å². The smallest absolute Gasteiger partial charge is 0.200 e. The Morgan fingerprint density at radius 3 is 2.86 bits per heavy atom. The zero-order valence-electron chi connectivity index (χ0n) is 13.5. The van der Waals surface area contributed by atoms with Crippen molar-refractivity contribution in [1.29, 1.82) is 0 Å². The Kier molecular flexibility index (Phi) is 4.90. The van der Waals surface area contributed by atoms with Gasteiger partial charge in [-0.15, -0.1) is 0 Å². The molecule has 5 nitrogen and oxygen atoms in total. The SMILES string of the molecule is CCCCC(=O)c1nc2c(c(NC3CCCC3)n1)NCCC2. The maximum atomic E-state index is 12.3. The number of carbonyl (C=O) groups excluding carboxylic acids is 1. The van der Waals surface area contributed by atoms with Crippen LogP contribution in [0.2, 0.25) is 0 Å². The van der Waals surface area contributed by atoms with Crippen LogP contribution in [0.15, 0.2) is 0 Å². The molecule has 22 heavy (non-hydrogen) atoms. The number of ketones is 1. The highest BCUT2D eigenvalue weighted by molar-refractivity contribution is 5.93. The van der Waals surface area contributed by atoms with Crippen molar-refractivity contribution >= 4 is 17.3 Å². The first-order valence-corrected chi connectivity index (χ1v) is 8.72. The first kappa shape index (κ1) is 15.3. The molecular formula is C17H26N4O. The third kappa shape index (κ3) is 3.39. The van der Waals surface area contributed by atoms with Gasteiger partial charge in [0.15, 0.2) is 17.4 Å². The van der Waals surface area contributed by atoms with Crippen molar-refractivity contribution in [3.63, 3.8) is 0 Å². The van der Waals surface area contributed by atoms with Gasteiger partial charge in [0.25, 0.3) is 0 Å². The van der Waals surface area contributed by atoms with Crippen LogP contribution >= 0.6 is 0 Å². The van der Waals surface area contributed by atoms with E-state index in [1.54, 1.807) is 0 Å². The lowest BCUT2D eigenvalue weighted by atomic mass is 10.1. The Balaban J connectivity index is 1.86. The molecule has 1 fully saturated rings. The summed E-state index contributed by atoms with van der Waals surface area (Å²) in [5.41, 5.74) is 2.02. The predicted molar refractivity (Wildman–Crippen MR) is 88.6 cm³/mol. The fourth-order valence-corrected chi connectivity index (χ4v) is 3.28. The molecule has 1 saturated carbocycles. The number of unbranched alkanes of at least 4 members (excludes halogenated alkanes) is 1. The number of carbonyl (C=O) groups is 1. The number of nitrogens with zero attached hydrogens (tertiary/aromatic N) is 2. The first-order valence-electron chi connectivity index (χ1n) is 8.72. The third-order valence-corrected chi connectivity index (χ3v) is 4.58. The number of hydrogen-bond acceptors (Lipinski definition) is 5. The highest BCUT2D eigenvalue weighted by Gasteiger charge is 2.23. The molecule has 0 aromatic carbocycles. The lowest BCUT2D eigenvalue weighted by Crippen LogP contribution is -2.23. The van der Waals surface area contributed by atoms with Crippen molar-refractivity contribution in [2.24, 2.45) is 0 Å². The zero-order valence-corrected chi connectivity index (χ0v) is 13.5. The molecule has 2 heterocycles. The molecule has 1 aliphatic carbocycles. The molecule has 2 aliphatic rings. The fraction of sp³-hybridized carbons (Fsp3) is 0.706. The largest absolute Gasteiger partial charge is 0.381 e. The van der Waals surface area contributed by atoms with Gasteiger partial charge >= 0.3 is 0 Å². The second-order valence-corrected chi connectivity index (χ2v) is 6.40. The molecule has 1 aromatic rings. The molecule has 1 aromatic heterocycles. The van der Waals surface area contributed by atoms with Crippen LogP contribution in [0.3, 0.4) is 0 Å². The second-order valence-electron chi connectivity index (χ2n) is 6.40. The van der Waals surface area contributed by atoms with E-state index in [0.717, 1.165) is 49.4 Å². The summed E-state index contributed by atoms with van der Waals surface area (Å²) in [4.78, 5) is 21.4. The van der Waals surface area contributed by atoms with Crippen molar-refractivity contribution in [2.45, 2.75) is 70.8 Å². The molecule has 5 heteroatoms. The minimum Gasteiger partial charge on any atom is -0.381 e. The average molecular weight is 302 g/mol. The van der Waals surface area contributed by atoms with E-state index in [4.69, 9.17) is 0 Å². The molecule has 120 valence electrons. The van der Waals surface area contributed by atoms with E-state index < -0.39 is 0 Å². The summed E-state index contributed by atoms with van der Waals surface area (Å²) in [5.74, 6) is 1.32. The van der Waals surface area contributed by atoms with Gasteiger partial charge in [0, 0.05) is 19.0 Å². The van der Waals surface area contributed by atoms with Crippen molar-refractivity contribution < 1.29 is 4.79 Å².